The van der Waals surface area contributed by atoms with E-state index in [0.29, 0.717) is 5.92 Å². The van der Waals surface area contributed by atoms with Crippen LogP contribution in [-0.2, 0) is 4.43 Å². The summed E-state index contributed by atoms with van der Waals surface area (Å²) in [5.41, 5.74) is 0.0672. The molecule has 0 N–H and O–H groups in total. The number of alkyl halides is 1. The van der Waals surface area contributed by atoms with Gasteiger partial charge in [-0.3, -0.25) is 0 Å². The second kappa shape index (κ2) is 5.17. The van der Waals surface area contributed by atoms with Gasteiger partial charge in [-0.05, 0) is 32.6 Å². The maximum Gasteiger partial charge on any atom is 0.146 e. The summed E-state index contributed by atoms with van der Waals surface area (Å²) in [4.78, 5) is 0. The number of hydrogen-bond donors (Lipinski definition) is 0. The van der Waals surface area contributed by atoms with Crippen molar-refractivity contribution in [2.24, 2.45) is 5.92 Å². The summed E-state index contributed by atoms with van der Waals surface area (Å²) in [7, 11) is 0.824. The lowest BCUT2D eigenvalue weighted by molar-refractivity contribution is 0.0934. The summed E-state index contributed by atoms with van der Waals surface area (Å²) < 4.78 is 5.45. The molecule has 0 aliphatic carbocycles. The zero-order valence-electron chi connectivity index (χ0n) is 7.98. The second-order valence-electron chi connectivity index (χ2n) is 3.75. The molecule has 0 heterocycles. The average Bonchev–Trinajstić information content (AvgIpc) is 1.87. The van der Waals surface area contributed by atoms with Crippen LogP contribution in [0.2, 0.25) is 0 Å². The van der Waals surface area contributed by atoms with Gasteiger partial charge in [-0.1, -0.05) is 6.92 Å². The zero-order chi connectivity index (χ0) is 8.91. The van der Waals surface area contributed by atoms with Gasteiger partial charge in [0.05, 0.1) is 0 Å². The molecule has 0 bridgehead atoms. The molecule has 11 heavy (non-hydrogen) atoms. The maximum absolute atomic E-state index is 5.64. The summed E-state index contributed by atoms with van der Waals surface area (Å²) >= 11 is 5.64. The molecule has 0 aromatic rings. The molecule has 68 valence electrons. The normalized spacial score (nSPS) is 15.3. The van der Waals surface area contributed by atoms with Crippen molar-refractivity contribution < 1.29 is 4.43 Å². The first kappa shape index (κ1) is 11.5. The molecule has 0 rings (SSSR count). The Morgan fingerprint density at radius 2 is 2.09 bits per heavy atom. The summed E-state index contributed by atoms with van der Waals surface area (Å²) in [6.07, 6.45) is 2.21. The Bertz CT molecular complexity index is 106. The van der Waals surface area contributed by atoms with Crippen LogP contribution in [0.15, 0.2) is 0 Å². The Kier molecular flexibility index (Phi) is 5.39. The molecule has 0 saturated heterocycles. The molecular weight excluding hydrogens is 176 g/mol. The first-order valence-corrected chi connectivity index (χ1v) is 5.48. The summed E-state index contributed by atoms with van der Waals surface area (Å²) in [5.74, 6) is 1.44. The van der Waals surface area contributed by atoms with Gasteiger partial charge >= 0.3 is 0 Å². The smallest absolute Gasteiger partial charge is 0.146 e. The average molecular weight is 195 g/mol. The van der Waals surface area contributed by atoms with Crippen molar-refractivity contribution >= 4 is 22.1 Å². The minimum atomic E-state index is 0.0672. The Morgan fingerprint density at radius 1 is 1.55 bits per heavy atom. The van der Waals surface area contributed by atoms with Gasteiger partial charge in [-0.15, -0.1) is 11.6 Å². The highest BCUT2D eigenvalue weighted by Crippen LogP contribution is 2.21. The van der Waals surface area contributed by atoms with Gasteiger partial charge in [0.1, 0.15) is 10.5 Å². The highest BCUT2D eigenvalue weighted by Gasteiger charge is 2.18. The lowest BCUT2D eigenvalue weighted by Crippen LogP contribution is -2.26. The van der Waals surface area contributed by atoms with E-state index < -0.39 is 0 Å². The number of hydrogen-bond acceptors (Lipinski definition) is 1. The molecular formula is C8H19ClOSi. The third kappa shape index (κ3) is 5.71. The highest BCUT2D eigenvalue weighted by molar-refractivity contribution is 6.17. The Hall–Kier alpha value is 0.467. The van der Waals surface area contributed by atoms with Crippen LogP contribution in [0.1, 0.15) is 33.6 Å². The van der Waals surface area contributed by atoms with E-state index in [2.05, 4.69) is 20.8 Å². The molecule has 1 unspecified atom stereocenters. The van der Waals surface area contributed by atoms with E-state index in [9.17, 15) is 0 Å². The molecule has 0 aliphatic heterocycles. The van der Waals surface area contributed by atoms with E-state index >= 15 is 0 Å². The first-order valence-electron chi connectivity index (χ1n) is 4.13. The SMILES string of the molecule is CC(CCCl)CC(C)(C)O[SiH3]. The topological polar surface area (TPSA) is 9.23 Å². The van der Waals surface area contributed by atoms with E-state index in [1.165, 1.54) is 0 Å². The maximum atomic E-state index is 5.64. The largest absolute Gasteiger partial charge is 0.423 e. The first-order chi connectivity index (χ1) is 5.02. The van der Waals surface area contributed by atoms with E-state index in [-0.39, 0.29) is 5.60 Å². The molecule has 0 saturated carbocycles. The molecule has 0 aromatic heterocycles. The van der Waals surface area contributed by atoms with E-state index in [1.807, 2.05) is 0 Å². The summed E-state index contributed by atoms with van der Waals surface area (Å²) in [6.45, 7) is 6.51. The van der Waals surface area contributed by atoms with Gasteiger partial charge in [0.15, 0.2) is 0 Å². The van der Waals surface area contributed by atoms with Crippen molar-refractivity contribution in [1.82, 2.24) is 0 Å². The Morgan fingerprint density at radius 3 is 2.45 bits per heavy atom. The van der Waals surface area contributed by atoms with E-state index in [0.717, 1.165) is 29.2 Å². The van der Waals surface area contributed by atoms with Gasteiger partial charge in [0, 0.05) is 11.5 Å². The van der Waals surface area contributed by atoms with Gasteiger partial charge in [-0.2, -0.15) is 0 Å². The highest BCUT2D eigenvalue weighted by atomic mass is 35.5. The van der Waals surface area contributed by atoms with Crippen LogP contribution in [-0.4, -0.2) is 22.0 Å². The van der Waals surface area contributed by atoms with Crippen LogP contribution in [0.3, 0.4) is 0 Å². The number of halogens is 1. The van der Waals surface area contributed by atoms with Gasteiger partial charge < -0.3 is 4.43 Å². The fourth-order valence-electron chi connectivity index (χ4n) is 1.21. The lowest BCUT2D eigenvalue weighted by Gasteiger charge is -2.26. The molecule has 0 radical (unpaired) electrons. The van der Waals surface area contributed by atoms with E-state index in [4.69, 9.17) is 16.0 Å². The second-order valence-corrected chi connectivity index (χ2v) is 4.54. The molecule has 0 spiro atoms. The Balaban J connectivity index is 3.64. The van der Waals surface area contributed by atoms with Crippen molar-refractivity contribution in [3.63, 3.8) is 0 Å². The van der Waals surface area contributed by atoms with Crippen molar-refractivity contribution in [3.8, 4) is 0 Å². The van der Waals surface area contributed by atoms with Crippen LogP contribution in [0.5, 0.6) is 0 Å². The molecule has 0 fully saturated rings. The minimum Gasteiger partial charge on any atom is -0.423 e. The van der Waals surface area contributed by atoms with Gasteiger partial charge in [-0.25, -0.2) is 0 Å². The standard InChI is InChI=1S/C8H19ClOSi/c1-7(4-5-9)6-8(2,3)10-11/h7H,4-6H2,1-3,11H3. The molecule has 1 atom stereocenters. The predicted octanol–water partition coefficient (Wildman–Crippen LogP) is 1.72. The quantitative estimate of drug-likeness (QED) is 0.479. The van der Waals surface area contributed by atoms with Crippen molar-refractivity contribution in [1.29, 1.82) is 0 Å². The van der Waals surface area contributed by atoms with Crippen molar-refractivity contribution in [2.75, 3.05) is 5.88 Å². The lowest BCUT2D eigenvalue weighted by atomic mass is 9.93. The van der Waals surface area contributed by atoms with Crippen molar-refractivity contribution in [2.45, 2.75) is 39.2 Å². The predicted molar refractivity (Wildman–Crippen MR) is 54.2 cm³/mol. The minimum absolute atomic E-state index is 0.0672. The summed E-state index contributed by atoms with van der Waals surface area (Å²) in [5, 5.41) is 0. The van der Waals surface area contributed by atoms with Gasteiger partial charge in [0.25, 0.3) is 0 Å². The van der Waals surface area contributed by atoms with Crippen LogP contribution in [0.25, 0.3) is 0 Å². The third-order valence-electron chi connectivity index (χ3n) is 1.99. The van der Waals surface area contributed by atoms with Gasteiger partial charge in [0.2, 0.25) is 0 Å². The molecule has 0 aliphatic rings. The molecule has 1 nitrogen and oxygen atoms in total. The zero-order valence-corrected chi connectivity index (χ0v) is 10.7. The fraction of sp³-hybridized carbons (Fsp3) is 1.00. The van der Waals surface area contributed by atoms with Crippen molar-refractivity contribution in [3.05, 3.63) is 0 Å². The number of rotatable bonds is 5. The van der Waals surface area contributed by atoms with E-state index in [1.54, 1.807) is 0 Å². The Labute approximate surface area is 78.0 Å². The fourth-order valence-corrected chi connectivity index (χ4v) is 1.75. The third-order valence-corrected chi connectivity index (χ3v) is 3.32. The molecule has 3 heteroatoms. The summed E-state index contributed by atoms with van der Waals surface area (Å²) in [6, 6.07) is 0. The molecule has 0 amide bonds. The van der Waals surface area contributed by atoms with Crippen LogP contribution in [0.4, 0.5) is 0 Å². The van der Waals surface area contributed by atoms with Crippen LogP contribution < -0.4 is 0 Å². The van der Waals surface area contributed by atoms with Crippen LogP contribution in [0, 0.1) is 5.92 Å². The van der Waals surface area contributed by atoms with Crippen LogP contribution >= 0.6 is 11.6 Å². The molecule has 0 aromatic carbocycles. The monoisotopic (exact) mass is 194 g/mol.